The number of aryl methyl sites for hydroxylation is 1. The molecule has 1 aromatic rings. The second-order valence-corrected chi connectivity index (χ2v) is 3.72. The van der Waals surface area contributed by atoms with Crippen LogP contribution in [-0.2, 0) is 13.5 Å². The van der Waals surface area contributed by atoms with Crippen molar-refractivity contribution >= 4 is 0 Å². The zero-order valence-corrected chi connectivity index (χ0v) is 8.63. The molecule has 70 valence electrons. The first-order valence-corrected chi connectivity index (χ1v) is 4.48. The Morgan fingerprint density at radius 1 is 1.54 bits per heavy atom. The summed E-state index contributed by atoms with van der Waals surface area (Å²) >= 11 is 0. The molecule has 1 aromatic heterocycles. The second kappa shape index (κ2) is 3.61. The minimum Gasteiger partial charge on any atom is -0.323 e. The SMILES string of the molecule is Cc1nc(CC(C)C)c(C#N)n1C. The standard InChI is InChI=1S/C10H15N3/c1-7(2)5-9-10(6-11)13(4)8(3)12-9/h7H,5H2,1-4H3. The molecule has 0 N–H and O–H groups in total. The number of hydrogen-bond donors (Lipinski definition) is 0. The fourth-order valence-electron chi connectivity index (χ4n) is 1.35. The van der Waals surface area contributed by atoms with E-state index in [-0.39, 0.29) is 0 Å². The van der Waals surface area contributed by atoms with Crippen LogP contribution in [0.15, 0.2) is 0 Å². The van der Waals surface area contributed by atoms with Crippen molar-refractivity contribution in [1.29, 1.82) is 5.26 Å². The Hall–Kier alpha value is -1.30. The van der Waals surface area contributed by atoms with Crippen molar-refractivity contribution in [3.05, 3.63) is 17.2 Å². The quantitative estimate of drug-likeness (QED) is 0.691. The van der Waals surface area contributed by atoms with Crippen molar-refractivity contribution in [2.24, 2.45) is 13.0 Å². The molecular formula is C10H15N3. The lowest BCUT2D eigenvalue weighted by molar-refractivity contribution is 0.635. The lowest BCUT2D eigenvalue weighted by Gasteiger charge is -2.00. The van der Waals surface area contributed by atoms with E-state index in [0.717, 1.165) is 17.9 Å². The van der Waals surface area contributed by atoms with Gasteiger partial charge in [-0.05, 0) is 19.3 Å². The number of aromatic nitrogens is 2. The van der Waals surface area contributed by atoms with Crippen molar-refractivity contribution in [3.8, 4) is 6.07 Å². The summed E-state index contributed by atoms with van der Waals surface area (Å²) in [4.78, 5) is 4.36. The summed E-state index contributed by atoms with van der Waals surface area (Å²) < 4.78 is 1.84. The van der Waals surface area contributed by atoms with Gasteiger partial charge in [-0.25, -0.2) is 4.98 Å². The molecule has 0 saturated heterocycles. The van der Waals surface area contributed by atoms with Gasteiger partial charge in [-0.1, -0.05) is 13.8 Å². The molecule has 1 heterocycles. The molecule has 0 aliphatic heterocycles. The molecule has 3 nitrogen and oxygen atoms in total. The summed E-state index contributed by atoms with van der Waals surface area (Å²) in [6, 6.07) is 2.19. The molecule has 0 aromatic carbocycles. The highest BCUT2D eigenvalue weighted by atomic mass is 15.1. The van der Waals surface area contributed by atoms with Gasteiger partial charge in [-0.15, -0.1) is 0 Å². The van der Waals surface area contributed by atoms with Crippen LogP contribution in [0.25, 0.3) is 0 Å². The van der Waals surface area contributed by atoms with Gasteiger partial charge >= 0.3 is 0 Å². The Morgan fingerprint density at radius 3 is 2.62 bits per heavy atom. The summed E-state index contributed by atoms with van der Waals surface area (Å²) in [6.07, 6.45) is 0.880. The van der Waals surface area contributed by atoms with Gasteiger partial charge in [0.2, 0.25) is 0 Å². The molecule has 0 amide bonds. The van der Waals surface area contributed by atoms with Crippen LogP contribution in [0, 0.1) is 24.2 Å². The van der Waals surface area contributed by atoms with Crippen LogP contribution in [0.5, 0.6) is 0 Å². The van der Waals surface area contributed by atoms with Gasteiger partial charge in [0.05, 0.1) is 5.69 Å². The van der Waals surface area contributed by atoms with E-state index < -0.39 is 0 Å². The molecule has 1 rings (SSSR count). The number of hydrogen-bond acceptors (Lipinski definition) is 2. The molecule has 0 bridgehead atoms. The van der Waals surface area contributed by atoms with E-state index in [1.54, 1.807) is 0 Å². The van der Waals surface area contributed by atoms with Crippen LogP contribution in [0.3, 0.4) is 0 Å². The fraction of sp³-hybridized carbons (Fsp3) is 0.600. The number of imidazole rings is 1. The Bertz CT molecular complexity index is 342. The molecule has 0 aliphatic carbocycles. The first kappa shape index (κ1) is 9.79. The topological polar surface area (TPSA) is 41.6 Å². The fourth-order valence-corrected chi connectivity index (χ4v) is 1.35. The van der Waals surface area contributed by atoms with Gasteiger partial charge in [-0.3, -0.25) is 0 Å². The van der Waals surface area contributed by atoms with Crippen LogP contribution in [0.1, 0.15) is 31.1 Å². The molecule has 0 saturated carbocycles. The summed E-state index contributed by atoms with van der Waals surface area (Å²) in [5.41, 5.74) is 1.63. The first-order valence-electron chi connectivity index (χ1n) is 4.48. The smallest absolute Gasteiger partial charge is 0.143 e. The van der Waals surface area contributed by atoms with E-state index in [9.17, 15) is 0 Å². The van der Waals surface area contributed by atoms with Crippen molar-refractivity contribution in [3.63, 3.8) is 0 Å². The average Bonchev–Trinajstić information content (AvgIpc) is 2.27. The van der Waals surface area contributed by atoms with Crippen molar-refractivity contribution in [1.82, 2.24) is 9.55 Å². The molecule has 0 fully saturated rings. The second-order valence-electron chi connectivity index (χ2n) is 3.72. The van der Waals surface area contributed by atoms with E-state index in [1.807, 2.05) is 18.5 Å². The number of nitrogens with zero attached hydrogens (tertiary/aromatic N) is 3. The van der Waals surface area contributed by atoms with Gasteiger partial charge in [-0.2, -0.15) is 5.26 Å². The summed E-state index contributed by atoms with van der Waals surface area (Å²) in [5, 5.41) is 8.91. The molecule has 0 spiro atoms. The Kier molecular flexibility index (Phi) is 2.72. The summed E-state index contributed by atoms with van der Waals surface area (Å²) in [6.45, 7) is 6.18. The zero-order valence-electron chi connectivity index (χ0n) is 8.63. The molecule has 0 radical (unpaired) electrons. The molecule has 0 aliphatic rings. The average molecular weight is 177 g/mol. The van der Waals surface area contributed by atoms with E-state index in [0.29, 0.717) is 11.6 Å². The maximum atomic E-state index is 8.91. The number of nitriles is 1. The molecule has 0 unspecified atom stereocenters. The van der Waals surface area contributed by atoms with E-state index in [2.05, 4.69) is 24.9 Å². The summed E-state index contributed by atoms with van der Waals surface area (Å²) in [5.74, 6) is 1.45. The highest BCUT2D eigenvalue weighted by Gasteiger charge is 2.12. The third-order valence-electron chi connectivity index (χ3n) is 2.10. The maximum absolute atomic E-state index is 8.91. The third-order valence-corrected chi connectivity index (χ3v) is 2.10. The maximum Gasteiger partial charge on any atom is 0.143 e. The Labute approximate surface area is 79.0 Å². The highest BCUT2D eigenvalue weighted by Crippen LogP contribution is 2.13. The van der Waals surface area contributed by atoms with Crippen molar-refractivity contribution in [2.45, 2.75) is 27.2 Å². The van der Waals surface area contributed by atoms with E-state index in [1.165, 1.54) is 0 Å². The predicted octanol–water partition coefficient (Wildman–Crippen LogP) is 1.80. The van der Waals surface area contributed by atoms with Crippen LogP contribution < -0.4 is 0 Å². The predicted molar refractivity (Wildman–Crippen MR) is 51.2 cm³/mol. The lowest BCUT2D eigenvalue weighted by atomic mass is 10.1. The summed E-state index contributed by atoms with van der Waals surface area (Å²) in [7, 11) is 1.88. The molecular weight excluding hydrogens is 162 g/mol. The number of rotatable bonds is 2. The van der Waals surface area contributed by atoms with Crippen LogP contribution in [0.2, 0.25) is 0 Å². The molecule has 3 heteroatoms. The van der Waals surface area contributed by atoms with Gasteiger partial charge < -0.3 is 4.57 Å². The Morgan fingerprint density at radius 2 is 2.15 bits per heavy atom. The first-order chi connectivity index (χ1) is 6.06. The zero-order chi connectivity index (χ0) is 10.0. The Balaban J connectivity index is 3.08. The lowest BCUT2D eigenvalue weighted by Crippen LogP contribution is -1.99. The van der Waals surface area contributed by atoms with E-state index in [4.69, 9.17) is 5.26 Å². The molecule has 13 heavy (non-hydrogen) atoms. The van der Waals surface area contributed by atoms with Crippen LogP contribution in [0.4, 0.5) is 0 Å². The van der Waals surface area contributed by atoms with Crippen LogP contribution in [-0.4, -0.2) is 9.55 Å². The highest BCUT2D eigenvalue weighted by molar-refractivity contribution is 5.29. The third kappa shape index (κ3) is 1.89. The minimum atomic E-state index is 0.543. The van der Waals surface area contributed by atoms with Crippen LogP contribution >= 0.6 is 0 Å². The van der Waals surface area contributed by atoms with Gasteiger partial charge in [0, 0.05) is 7.05 Å². The largest absolute Gasteiger partial charge is 0.323 e. The normalized spacial score (nSPS) is 10.5. The van der Waals surface area contributed by atoms with Crippen molar-refractivity contribution < 1.29 is 0 Å². The minimum absolute atomic E-state index is 0.543. The van der Waals surface area contributed by atoms with Crippen molar-refractivity contribution in [2.75, 3.05) is 0 Å². The van der Waals surface area contributed by atoms with Gasteiger partial charge in [0.25, 0.3) is 0 Å². The molecule has 0 atom stereocenters. The van der Waals surface area contributed by atoms with Gasteiger partial charge in [0.15, 0.2) is 0 Å². The monoisotopic (exact) mass is 177 g/mol. The van der Waals surface area contributed by atoms with Gasteiger partial charge in [0.1, 0.15) is 17.6 Å². The van der Waals surface area contributed by atoms with E-state index >= 15 is 0 Å².